The third-order valence-electron chi connectivity index (χ3n) is 2.55. The SMILES string of the molecule is CN1CCCC(CN(C)C(=O)Cl)C1. The average Bonchev–Trinajstić information content (AvgIpc) is 2.04. The Labute approximate surface area is 84.6 Å². The number of amides is 1. The minimum atomic E-state index is -0.353. The molecule has 13 heavy (non-hydrogen) atoms. The van der Waals surface area contributed by atoms with Crippen LogP contribution in [0.3, 0.4) is 0 Å². The Bertz CT molecular complexity index is 186. The van der Waals surface area contributed by atoms with Crippen molar-refractivity contribution in [2.24, 2.45) is 5.92 Å². The Kier molecular flexibility index (Phi) is 4.00. The molecule has 0 aliphatic carbocycles. The van der Waals surface area contributed by atoms with Crippen LogP contribution in [0.15, 0.2) is 0 Å². The van der Waals surface area contributed by atoms with Gasteiger partial charge in [-0.05, 0) is 44.0 Å². The van der Waals surface area contributed by atoms with Gasteiger partial charge in [-0.1, -0.05) is 0 Å². The molecule has 1 heterocycles. The largest absolute Gasteiger partial charge is 0.332 e. The van der Waals surface area contributed by atoms with Crippen LogP contribution in [0.4, 0.5) is 4.79 Å². The van der Waals surface area contributed by atoms with Gasteiger partial charge in [0, 0.05) is 20.1 Å². The van der Waals surface area contributed by atoms with Crippen molar-refractivity contribution in [1.29, 1.82) is 0 Å². The van der Waals surface area contributed by atoms with E-state index >= 15 is 0 Å². The number of hydrogen-bond acceptors (Lipinski definition) is 2. The first-order chi connectivity index (χ1) is 6.09. The van der Waals surface area contributed by atoms with Crippen LogP contribution in [0, 0.1) is 5.92 Å². The van der Waals surface area contributed by atoms with Crippen molar-refractivity contribution in [3.8, 4) is 0 Å². The molecule has 4 heteroatoms. The van der Waals surface area contributed by atoms with E-state index in [0.717, 1.165) is 13.1 Å². The summed E-state index contributed by atoms with van der Waals surface area (Å²) in [5, 5.41) is -0.353. The fraction of sp³-hybridized carbons (Fsp3) is 0.889. The van der Waals surface area contributed by atoms with Crippen LogP contribution in [-0.4, -0.2) is 48.9 Å². The van der Waals surface area contributed by atoms with E-state index in [9.17, 15) is 4.79 Å². The van der Waals surface area contributed by atoms with Gasteiger partial charge in [-0.3, -0.25) is 4.79 Å². The third kappa shape index (κ3) is 3.53. The first kappa shape index (κ1) is 10.8. The van der Waals surface area contributed by atoms with Crippen molar-refractivity contribution in [3.63, 3.8) is 0 Å². The lowest BCUT2D eigenvalue weighted by Crippen LogP contribution is -2.38. The maximum atomic E-state index is 10.8. The summed E-state index contributed by atoms with van der Waals surface area (Å²) < 4.78 is 0. The number of rotatable bonds is 2. The summed E-state index contributed by atoms with van der Waals surface area (Å²) in [6.45, 7) is 3.04. The van der Waals surface area contributed by atoms with E-state index in [-0.39, 0.29) is 5.37 Å². The van der Waals surface area contributed by atoms with Crippen molar-refractivity contribution >= 4 is 17.0 Å². The standard InChI is InChI=1S/C9H17ClN2O/c1-11-5-3-4-8(6-11)7-12(2)9(10)13/h8H,3-7H2,1-2H3. The van der Waals surface area contributed by atoms with Crippen molar-refractivity contribution in [3.05, 3.63) is 0 Å². The molecule has 1 aliphatic heterocycles. The highest BCUT2D eigenvalue weighted by molar-refractivity contribution is 6.62. The van der Waals surface area contributed by atoms with Crippen LogP contribution in [0.1, 0.15) is 12.8 Å². The van der Waals surface area contributed by atoms with Gasteiger partial charge < -0.3 is 9.80 Å². The molecule has 0 spiro atoms. The topological polar surface area (TPSA) is 23.6 Å². The van der Waals surface area contributed by atoms with E-state index in [4.69, 9.17) is 11.6 Å². The van der Waals surface area contributed by atoms with Gasteiger partial charge >= 0.3 is 5.37 Å². The Hall–Kier alpha value is -0.280. The third-order valence-corrected chi connectivity index (χ3v) is 2.84. The Balaban J connectivity index is 2.31. The minimum absolute atomic E-state index is 0.353. The van der Waals surface area contributed by atoms with Crippen LogP contribution in [0.25, 0.3) is 0 Å². The molecule has 1 atom stereocenters. The van der Waals surface area contributed by atoms with Crippen LogP contribution in [-0.2, 0) is 0 Å². The summed E-state index contributed by atoms with van der Waals surface area (Å²) >= 11 is 5.36. The predicted molar refractivity (Wildman–Crippen MR) is 54.1 cm³/mol. The fourth-order valence-electron chi connectivity index (χ4n) is 1.88. The smallest absolute Gasteiger partial charge is 0.316 e. The molecule has 0 radical (unpaired) electrons. The highest BCUT2D eigenvalue weighted by Gasteiger charge is 2.19. The highest BCUT2D eigenvalue weighted by Crippen LogP contribution is 2.16. The van der Waals surface area contributed by atoms with E-state index in [1.807, 2.05) is 0 Å². The molecule has 0 N–H and O–H groups in total. The van der Waals surface area contributed by atoms with Gasteiger partial charge in [0.1, 0.15) is 0 Å². The van der Waals surface area contributed by atoms with Crippen molar-refractivity contribution in [2.45, 2.75) is 12.8 Å². The molecule has 1 fully saturated rings. The summed E-state index contributed by atoms with van der Waals surface area (Å²) in [4.78, 5) is 14.7. The zero-order chi connectivity index (χ0) is 9.84. The Morgan fingerprint density at radius 3 is 2.92 bits per heavy atom. The molecule has 0 aromatic heterocycles. The number of likely N-dealkylation sites (tertiary alicyclic amines) is 1. The summed E-state index contributed by atoms with van der Waals surface area (Å²) in [5.41, 5.74) is 0. The first-order valence-corrected chi connectivity index (χ1v) is 5.06. The first-order valence-electron chi connectivity index (χ1n) is 4.68. The summed E-state index contributed by atoms with van der Waals surface area (Å²) in [6.07, 6.45) is 2.43. The second kappa shape index (κ2) is 4.82. The van der Waals surface area contributed by atoms with Crippen LogP contribution in [0.5, 0.6) is 0 Å². The molecule has 3 nitrogen and oxygen atoms in total. The van der Waals surface area contributed by atoms with Crippen LogP contribution >= 0.6 is 11.6 Å². The average molecular weight is 205 g/mol. The molecule has 1 rings (SSSR count). The van der Waals surface area contributed by atoms with E-state index in [2.05, 4.69) is 11.9 Å². The maximum absolute atomic E-state index is 10.8. The van der Waals surface area contributed by atoms with Gasteiger partial charge in [-0.25, -0.2) is 0 Å². The molecule has 1 unspecified atom stereocenters. The molecule has 1 aliphatic rings. The van der Waals surface area contributed by atoms with Gasteiger partial charge in [-0.15, -0.1) is 0 Å². The van der Waals surface area contributed by atoms with Gasteiger partial charge in [0.15, 0.2) is 0 Å². The van der Waals surface area contributed by atoms with Crippen LogP contribution < -0.4 is 0 Å². The number of carbonyl (C=O) groups is 1. The molecular formula is C9H17ClN2O. The van der Waals surface area contributed by atoms with E-state index in [1.165, 1.54) is 19.4 Å². The number of halogens is 1. The lowest BCUT2D eigenvalue weighted by Gasteiger charge is -2.31. The summed E-state index contributed by atoms with van der Waals surface area (Å²) in [7, 11) is 3.87. The van der Waals surface area contributed by atoms with Crippen molar-refractivity contribution < 1.29 is 4.79 Å². The maximum Gasteiger partial charge on any atom is 0.316 e. The highest BCUT2D eigenvalue weighted by atomic mass is 35.5. The molecule has 0 aromatic carbocycles. The second-order valence-electron chi connectivity index (χ2n) is 3.90. The van der Waals surface area contributed by atoms with Crippen molar-refractivity contribution in [1.82, 2.24) is 9.80 Å². The molecule has 1 amide bonds. The molecule has 0 aromatic rings. The molecular weight excluding hydrogens is 188 g/mol. The lowest BCUT2D eigenvalue weighted by molar-refractivity contribution is 0.174. The van der Waals surface area contributed by atoms with E-state index in [0.29, 0.717) is 5.92 Å². The Morgan fingerprint density at radius 1 is 1.69 bits per heavy atom. The second-order valence-corrected chi connectivity index (χ2v) is 4.23. The fourth-order valence-corrected chi connectivity index (χ4v) is 1.95. The quantitative estimate of drug-likeness (QED) is 0.504. The molecule has 0 bridgehead atoms. The molecule has 0 saturated carbocycles. The Morgan fingerprint density at radius 2 is 2.38 bits per heavy atom. The number of hydrogen-bond donors (Lipinski definition) is 0. The lowest BCUT2D eigenvalue weighted by atomic mass is 9.98. The molecule has 1 saturated heterocycles. The van der Waals surface area contributed by atoms with Gasteiger partial charge in [-0.2, -0.15) is 0 Å². The number of nitrogens with zero attached hydrogens (tertiary/aromatic N) is 2. The summed E-state index contributed by atoms with van der Waals surface area (Å²) in [6, 6.07) is 0. The van der Waals surface area contributed by atoms with Gasteiger partial charge in [0.25, 0.3) is 0 Å². The zero-order valence-corrected chi connectivity index (χ0v) is 9.05. The normalized spacial score (nSPS) is 24.4. The monoisotopic (exact) mass is 204 g/mol. The minimum Gasteiger partial charge on any atom is -0.332 e. The number of piperidine rings is 1. The number of carbonyl (C=O) groups excluding carboxylic acids is 1. The summed E-state index contributed by atoms with van der Waals surface area (Å²) in [5.74, 6) is 0.589. The van der Waals surface area contributed by atoms with Crippen LogP contribution in [0.2, 0.25) is 0 Å². The zero-order valence-electron chi connectivity index (χ0n) is 8.29. The van der Waals surface area contributed by atoms with E-state index < -0.39 is 0 Å². The van der Waals surface area contributed by atoms with Gasteiger partial charge in [0.05, 0.1) is 0 Å². The van der Waals surface area contributed by atoms with E-state index in [1.54, 1.807) is 11.9 Å². The predicted octanol–water partition coefficient (Wildman–Crippen LogP) is 1.62. The van der Waals surface area contributed by atoms with Gasteiger partial charge in [0.2, 0.25) is 0 Å². The molecule has 76 valence electrons. The van der Waals surface area contributed by atoms with Crippen molar-refractivity contribution in [2.75, 3.05) is 33.7 Å².